The van der Waals surface area contributed by atoms with Gasteiger partial charge >= 0.3 is 0 Å². The van der Waals surface area contributed by atoms with E-state index in [1.165, 1.54) is 0 Å². The molecule has 12 heavy (non-hydrogen) atoms. The lowest BCUT2D eigenvalue weighted by molar-refractivity contribution is -0.199. The van der Waals surface area contributed by atoms with E-state index < -0.39 is 0 Å². The zero-order valence-electron chi connectivity index (χ0n) is 7.03. The van der Waals surface area contributed by atoms with E-state index >= 15 is 0 Å². The third-order valence-corrected chi connectivity index (χ3v) is 3.60. The molecule has 1 spiro atoms. The van der Waals surface area contributed by atoms with Crippen LogP contribution in [0.25, 0.3) is 0 Å². The second kappa shape index (κ2) is 2.22. The maximum atomic E-state index is 9.55. The standard InChI is InChI=1S/C9H14O3/c10-8-4-7-3-6(8)5-9(7)11-1-2-12-9/h6-8,10H,1-5H2/t6-,7-,8?/m0/s1. The summed E-state index contributed by atoms with van der Waals surface area (Å²) in [5.41, 5.74) is 0. The summed E-state index contributed by atoms with van der Waals surface area (Å²) in [5.74, 6) is 0.622. The number of hydrogen-bond donors (Lipinski definition) is 1. The van der Waals surface area contributed by atoms with Gasteiger partial charge in [0.15, 0.2) is 5.79 Å². The van der Waals surface area contributed by atoms with Crippen molar-refractivity contribution < 1.29 is 14.6 Å². The topological polar surface area (TPSA) is 38.7 Å². The molecular formula is C9H14O3. The third-order valence-electron chi connectivity index (χ3n) is 3.60. The van der Waals surface area contributed by atoms with Gasteiger partial charge in [0.1, 0.15) is 0 Å². The van der Waals surface area contributed by atoms with Crippen LogP contribution in [0.15, 0.2) is 0 Å². The Morgan fingerprint density at radius 2 is 1.92 bits per heavy atom. The Morgan fingerprint density at radius 1 is 1.17 bits per heavy atom. The average molecular weight is 170 g/mol. The fourth-order valence-electron chi connectivity index (χ4n) is 3.04. The van der Waals surface area contributed by atoms with Crippen molar-refractivity contribution in [2.45, 2.75) is 31.2 Å². The molecule has 68 valence electrons. The molecule has 0 radical (unpaired) electrons. The van der Waals surface area contributed by atoms with Crippen LogP contribution in [0.5, 0.6) is 0 Å². The second-order valence-corrected chi connectivity index (χ2v) is 4.21. The molecule has 1 saturated heterocycles. The molecule has 0 aromatic carbocycles. The average Bonchev–Trinajstić information content (AvgIpc) is 2.68. The molecule has 0 aromatic rings. The summed E-state index contributed by atoms with van der Waals surface area (Å²) in [7, 11) is 0. The van der Waals surface area contributed by atoms with Gasteiger partial charge in [0.25, 0.3) is 0 Å². The van der Waals surface area contributed by atoms with E-state index in [4.69, 9.17) is 9.47 Å². The van der Waals surface area contributed by atoms with Gasteiger partial charge in [-0.2, -0.15) is 0 Å². The smallest absolute Gasteiger partial charge is 0.171 e. The van der Waals surface area contributed by atoms with Crippen LogP contribution in [-0.4, -0.2) is 30.2 Å². The molecule has 3 rings (SSSR count). The minimum atomic E-state index is -0.274. The predicted octanol–water partition coefficient (Wildman–Crippen LogP) is 0.520. The summed E-state index contributed by atoms with van der Waals surface area (Å²) in [6.45, 7) is 1.47. The van der Waals surface area contributed by atoms with E-state index in [9.17, 15) is 5.11 Å². The SMILES string of the molecule is OC1C[C@@H]2C[C@H]1CC21OCCO1. The number of fused-ring (bicyclic) bond motifs is 3. The van der Waals surface area contributed by atoms with Crippen LogP contribution in [0.2, 0.25) is 0 Å². The van der Waals surface area contributed by atoms with Crippen molar-refractivity contribution in [1.82, 2.24) is 0 Å². The molecule has 3 atom stereocenters. The van der Waals surface area contributed by atoms with E-state index in [1.54, 1.807) is 0 Å². The molecule has 1 unspecified atom stereocenters. The van der Waals surface area contributed by atoms with Gasteiger partial charge in [-0.1, -0.05) is 0 Å². The van der Waals surface area contributed by atoms with Gasteiger partial charge in [-0.3, -0.25) is 0 Å². The summed E-state index contributed by atoms with van der Waals surface area (Å²) < 4.78 is 11.3. The highest BCUT2D eigenvalue weighted by Gasteiger charge is 2.58. The first kappa shape index (κ1) is 7.30. The first-order valence-electron chi connectivity index (χ1n) is 4.76. The molecular weight excluding hydrogens is 156 g/mol. The molecule has 3 heteroatoms. The van der Waals surface area contributed by atoms with Crippen molar-refractivity contribution >= 4 is 0 Å². The second-order valence-electron chi connectivity index (χ2n) is 4.21. The van der Waals surface area contributed by atoms with Gasteiger partial charge in [-0.15, -0.1) is 0 Å². The maximum absolute atomic E-state index is 9.55. The Labute approximate surface area is 71.7 Å². The Balaban J connectivity index is 1.85. The van der Waals surface area contributed by atoms with Crippen LogP contribution >= 0.6 is 0 Å². The van der Waals surface area contributed by atoms with Crippen molar-refractivity contribution in [3.05, 3.63) is 0 Å². The van der Waals surface area contributed by atoms with Crippen molar-refractivity contribution in [3.8, 4) is 0 Å². The van der Waals surface area contributed by atoms with Crippen molar-refractivity contribution in [2.24, 2.45) is 11.8 Å². The summed E-state index contributed by atoms with van der Waals surface area (Å²) in [4.78, 5) is 0. The van der Waals surface area contributed by atoms with Gasteiger partial charge < -0.3 is 14.6 Å². The van der Waals surface area contributed by atoms with E-state index in [0.29, 0.717) is 11.8 Å². The highest BCUT2D eigenvalue weighted by atomic mass is 16.7. The van der Waals surface area contributed by atoms with E-state index in [-0.39, 0.29) is 11.9 Å². The Kier molecular flexibility index (Phi) is 1.35. The van der Waals surface area contributed by atoms with Crippen molar-refractivity contribution in [2.75, 3.05) is 13.2 Å². The van der Waals surface area contributed by atoms with E-state index in [2.05, 4.69) is 0 Å². The van der Waals surface area contributed by atoms with Gasteiger partial charge in [-0.05, 0) is 18.8 Å². The van der Waals surface area contributed by atoms with Crippen LogP contribution in [-0.2, 0) is 9.47 Å². The monoisotopic (exact) mass is 170 g/mol. The number of rotatable bonds is 0. The lowest BCUT2D eigenvalue weighted by atomic mass is 9.92. The van der Waals surface area contributed by atoms with E-state index in [1.807, 2.05) is 0 Å². The predicted molar refractivity (Wildman–Crippen MR) is 41.5 cm³/mol. The Bertz CT molecular complexity index is 196. The van der Waals surface area contributed by atoms with Gasteiger partial charge in [0, 0.05) is 12.3 Å². The first-order valence-corrected chi connectivity index (χ1v) is 4.76. The first-order chi connectivity index (χ1) is 5.80. The molecule has 1 heterocycles. The van der Waals surface area contributed by atoms with Crippen molar-refractivity contribution in [3.63, 3.8) is 0 Å². The Morgan fingerprint density at radius 3 is 2.42 bits per heavy atom. The van der Waals surface area contributed by atoms with Crippen LogP contribution in [0.1, 0.15) is 19.3 Å². The normalized spacial score (nSPS) is 49.2. The molecule has 1 aliphatic heterocycles. The van der Waals surface area contributed by atoms with Gasteiger partial charge in [0.2, 0.25) is 0 Å². The number of aliphatic hydroxyl groups is 1. The van der Waals surface area contributed by atoms with Gasteiger partial charge in [-0.25, -0.2) is 0 Å². The minimum absolute atomic E-state index is 0.0894. The lowest BCUT2D eigenvalue weighted by Crippen LogP contribution is -2.39. The fraction of sp³-hybridized carbons (Fsp3) is 1.00. The summed E-state index contributed by atoms with van der Waals surface area (Å²) in [6.07, 6.45) is 2.80. The number of aliphatic hydroxyl groups excluding tert-OH is 1. The molecule has 2 aliphatic carbocycles. The molecule has 0 aromatic heterocycles. The lowest BCUT2D eigenvalue weighted by Gasteiger charge is -2.33. The molecule has 3 fully saturated rings. The molecule has 2 bridgehead atoms. The zero-order chi connectivity index (χ0) is 8.18. The molecule has 0 amide bonds. The van der Waals surface area contributed by atoms with Crippen LogP contribution in [0, 0.1) is 11.8 Å². The van der Waals surface area contributed by atoms with Crippen LogP contribution in [0.4, 0.5) is 0 Å². The zero-order valence-corrected chi connectivity index (χ0v) is 7.03. The minimum Gasteiger partial charge on any atom is -0.393 e. The highest BCUT2D eigenvalue weighted by molar-refractivity contribution is 5.02. The largest absolute Gasteiger partial charge is 0.393 e. The maximum Gasteiger partial charge on any atom is 0.171 e. The molecule has 3 nitrogen and oxygen atoms in total. The van der Waals surface area contributed by atoms with Gasteiger partial charge in [0.05, 0.1) is 19.3 Å². The summed E-state index contributed by atoms with van der Waals surface area (Å²) in [6, 6.07) is 0. The van der Waals surface area contributed by atoms with E-state index in [0.717, 1.165) is 32.5 Å². The summed E-state index contributed by atoms with van der Waals surface area (Å²) in [5, 5.41) is 9.55. The molecule has 2 saturated carbocycles. The quantitative estimate of drug-likeness (QED) is 0.576. The summed E-state index contributed by atoms with van der Waals surface area (Å²) >= 11 is 0. The van der Waals surface area contributed by atoms with Crippen molar-refractivity contribution in [1.29, 1.82) is 0 Å². The third kappa shape index (κ3) is 0.767. The fourth-order valence-corrected chi connectivity index (χ4v) is 3.04. The molecule has 1 N–H and O–H groups in total. The highest BCUT2D eigenvalue weighted by Crippen LogP contribution is 2.54. The number of ether oxygens (including phenoxy) is 2. The van der Waals surface area contributed by atoms with Crippen LogP contribution in [0.3, 0.4) is 0 Å². The Hall–Kier alpha value is -0.120. The molecule has 3 aliphatic rings. The van der Waals surface area contributed by atoms with Crippen LogP contribution < -0.4 is 0 Å². The number of hydrogen-bond acceptors (Lipinski definition) is 3.